The molecule has 1 aromatic carbocycles. The smallest absolute Gasteiger partial charge is 0.303 e. The van der Waals surface area contributed by atoms with Crippen LogP contribution < -0.4 is 5.32 Å². The lowest BCUT2D eigenvalue weighted by atomic mass is 10.1. The lowest BCUT2D eigenvalue weighted by molar-refractivity contribution is -0.138. The summed E-state index contributed by atoms with van der Waals surface area (Å²) in [6.45, 7) is 1.60. The SMILES string of the molecule is O=C(O)CCC(=O)Nc1ccc(C(=O)N2CCCCCC2)cc1. The molecule has 6 nitrogen and oxygen atoms in total. The highest BCUT2D eigenvalue weighted by molar-refractivity contribution is 5.96. The third kappa shape index (κ3) is 5.39. The molecule has 2 amide bonds. The highest BCUT2D eigenvalue weighted by atomic mass is 16.4. The van der Waals surface area contributed by atoms with Crippen molar-refractivity contribution in [3.05, 3.63) is 29.8 Å². The molecular weight excluding hydrogens is 296 g/mol. The zero-order chi connectivity index (χ0) is 16.7. The standard InChI is InChI=1S/C17H22N2O4/c20-15(9-10-16(21)22)18-14-7-5-13(6-8-14)17(23)19-11-3-1-2-4-12-19/h5-8H,1-4,9-12H2,(H,18,20)(H,21,22). The molecule has 6 heteroatoms. The third-order valence-electron chi connectivity index (χ3n) is 3.87. The van der Waals surface area contributed by atoms with E-state index in [1.165, 1.54) is 12.8 Å². The lowest BCUT2D eigenvalue weighted by Gasteiger charge is -2.20. The van der Waals surface area contributed by atoms with E-state index in [9.17, 15) is 14.4 Å². The summed E-state index contributed by atoms with van der Waals surface area (Å²) in [6, 6.07) is 6.73. The van der Waals surface area contributed by atoms with Gasteiger partial charge in [-0.2, -0.15) is 0 Å². The normalized spacial score (nSPS) is 14.9. The maximum absolute atomic E-state index is 12.4. The first kappa shape index (κ1) is 17.0. The molecule has 1 heterocycles. The molecule has 0 radical (unpaired) electrons. The Balaban J connectivity index is 1.91. The number of carboxylic acid groups (broad SMARTS) is 1. The molecule has 1 fully saturated rings. The summed E-state index contributed by atoms with van der Waals surface area (Å²) in [5.74, 6) is -1.33. The van der Waals surface area contributed by atoms with Crippen LogP contribution >= 0.6 is 0 Å². The average molecular weight is 318 g/mol. The van der Waals surface area contributed by atoms with E-state index in [-0.39, 0.29) is 24.7 Å². The van der Waals surface area contributed by atoms with Crippen LogP contribution in [-0.4, -0.2) is 40.9 Å². The number of anilines is 1. The molecule has 0 spiro atoms. The van der Waals surface area contributed by atoms with Crippen molar-refractivity contribution in [2.75, 3.05) is 18.4 Å². The Bertz CT molecular complexity index is 560. The second kappa shape index (κ2) is 8.31. The number of amides is 2. The van der Waals surface area contributed by atoms with E-state index in [1.54, 1.807) is 24.3 Å². The van der Waals surface area contributed by atoms with Crippen LogP contribution in [0.15, 0.2) is 24.3 Å². The molecule has 1 aliphatic heterocycles. The van der Waals surface area contributed by atoms with Crippen LogP contribution in [0, 0.1) is 0 Å². The molecule has 1 saturated heterocycles. The maximum Gasteiger partial charge on any atom is 0.303 e. The van der Waals surface area contributed by atoms with Gasteiger partial charge < -0.3 is 15.3 Å². The molecular formula is C17H22N2O4. The van der Waals surface area contributed by atoms with Gasteiger partial charge in [0, 0.05) is 30.8 Å². The monoisotopic (exact) mass is 318 g/mol. The van der Waals surface area contributed by atoms with Crippen molar-refractivity contribution in [2.45, 2.75) is 38.5 Å². The Morgan fingerprint density at radius 2 is 1.57 bits per heavy atom. The fourth-order valence-corrected chi connectivity index (χ4v) is 2.60. The van der Waals surface area contributed by atoms with Crippen LogP contribution in [0.3, 0.4) is 0 Å². The van der Waals surface area contributed by atoms with Crippen molar-refractivity contribution in [1.29, 1.82) is 0 Å². The Morgan fingerprint density at radius 1 is 0.957 bits per heavy atom. The summed E-state index contributed by atoms with van der Waals surface area (Å²) in [5.41, 5.74) is 1.17. The van der Waals surface area contributed by atoms with Crippen LogP contribution in [0.5, 0.6) is 0 Å². The van der Waals surface area contributed by atoms with E-state index >= 15 is 0 Å². The maximum atomic E-state index is 12.4. The molecule has 0 unspecified atom stereocenters. The van der Waals surface area contributed by atoms with Crippen LogP contribution in [0.4, 0.5) is 5.69 Å². The summed E-state index contributed by atoms with van der Waals surface area (Å²) < 4.78 is 0. The van der Waals surface area contributed by atoms with E-state index < -0.39 is 5.97 Å². The number of rotatable bonds is 5. The number of nitrogens with one attached hydrogen (secondary N) is 1. The molecule has 124 valence electrons. The van der Waals surface area contributed by atoms with Gasteiger partial charge in [-0.25, -0.2) is 0 Å². The summed E-state index contributed by atoms with van der Waals surface area (Å²) in [4.78, 5) is 36.3. The molecule has 2 N–H and O–H groups in total. The predicted octanol–water partition coefficient (Wildman–Crippen LogP) is 2.51. The predicted molar refractivity (Wildman–Crippen MR) is 86.3 cm³/mol. The fourth-order valence-electron chi connectivity index (χ4n) is 2.60. The Kier molecular flexibility index (Phi) is 6.14. The first-order chi connectivity index (χ1) is 11.1. The van der Waals surface area contributed by atoms with Gasteiger partial charge in [-0.1, -0.05) is 12.8 Å². The van der Waals surface area contributed by atoms with E-state index in [2.05, 4.69) is 5.32 Å². The van der Waals surface area contributed by atoms with Crippen LogP contribution in [-0.2, 0) is 9.59 Å². The summed E-state index contributed by atoms with van der Waals surface area (Å²) >= 11 is 0. The number of benzene rings is 1. The topological polar surface area (TPSA) is 86.7 Å². The number of carboxylic acids is 1. The Labute approximate surface area is 135 Å². The quantitative estimate of drug-likeness (QED) is 0.873. The third-order valence-corrected chi connectivity index (χ3v) is 3.87. The van der Waals surface area contributed by atoms with Gasteiger partial charge in [-0.3, -0.25) is 14.4 Å². The van der Waals surface area contributed by atoms with Gasteiger partial charge in [0.2, 0.25) is 5.91 Å². The van der Waals surface area contributed by atoms with Crippen molar-refractivity contribution in [2.24, 2.45) is 0 Å². The number of aliphatic carboxylic acids is 1. The Morgan fingerprint density at radius 3 is 2.13 bits per heavy atom. The van der Waals surface area contributed by atoms with Crippen molar-refractivity contribution < 1.29 is 19.5 Å². The van der Waals surface area contributed by atoms with Crippen molar-refractivity contribution in [3.8, 4) is 0 Å². The molecule has 1 aromatic rings. The van der Waals surface area contributed by atoms with Gasteiger partial charge in [0.05, 0.1) is 6.42 Å². The molecule has 0 bridgehead atoms. The molecule has 23 heavy (non-hydrogen) atoms. The van der Waals surface area contributed by atoms with Gasteiger partial charge in [0.15, 0.2) is 0 Å². The van der Waals surface area contributed by atoms with Gasteiger partial charge in [0.1, 0.15) is 0 Å². The molecule has 0 atom stereocenters. The second-order valence-corrected chi connectivity index (χ2v) is 5.73. The molecule has 2 rings (SSSR count). The minimum Gasteiger partial charge on any atom is -0.481 e. The number of carbonyl (C=O) groups excluding carboxylic acids is 2. The first-order valence-electron chi connectivity index (χ1n) is 7.97. The van der Waals surface area contributed by atoms with Crippen LogP contribution in [0.25, 0.3) is 0 Å². The van der Waals surface area contributed by atoms with Crippen LogP contribution in [0.1, 0.15) is 48.9 Å². The average Bonchev–Trinajstić information content (AvgIpc) is 2.82. The largest absolute Gasteiger partial charge is 0.481 e. The molecule has 1 aliphatic rings. The molecule has 0 saturated carbocycles. The van der Waals surface area contributed by atoms with Crippen molar-refractivity contribution >= 4 is 23.5 Å². The molecule has 0 aliphatic carbocycles. The summed E-state index contributed by atoms with van der Waals surface area (Å²) in [7, 11) is 0. The highest BCUT2D eigenvalue weighted by Crippen LogP contribution is 2.15. The number of carbonyl (C=O) groups is 3. The summed E-state index contributed by atoms with van der Waals surface area (Å²) in [5, 5.41) is 11.2. The van der Waals surface area contributed by atoms with Gasteiger partial charge in [-0.05, 0) is 37.1 Å². The zero-order valence-corrected chi connectivity index (χ0v) is 13.1. The number of nitrogens with zero attached hydrogens (tertiary/aromatic N) is 1. The van der Waals surface area contributed by atoms with Crippen molar-refractivity contribution in [3.63, 3.8) is 0 Å². The lowest BCUT2D eigenvalue weighted by Crippen LogP contribution is -2.31. The first-order valence-corrected chi connectivity index (χ1v) is 7.97. The van der Waals surface area contributed by atoms with Gasteiger partial charge >= 0.3 is 5.97 Å². The molecule has 0 aromatic heterocycles. The van der Waals surface area contributed by atoms with Gasteiger partial charge in [-0.15, -0.1) is 0 Å². The fraction of sp³-hybridized carbons (Fsp3) is 0.471. The van der Waals surface area contributed by atoms with Crippen molar-refractivity contribution in [1.82, 2.24) is 4.90 Å². The van der Waals surface area contributed by atoms with E-state index in [4.69, 9.17) is 5.11 Å². The number of likely N-dealkylation sites (tertiary alicyclic amines) is 1. The zero-order valence-electron chi connectivity index (χ0n) is 13.1. The van der Waals surface area contributed by atoms with Crippen LogP contribution in [0.2, 0.25) is 0 Å². The Hall–Kier alpha value is -2.37. The number of hydrogen-bond donors (Lipinski definition) is 2. The van der Waals surface area contributed by atoms with E-state index in [0.717, 1.165) is 25.9 Å². The second-order valence-electron chi connectivity index (χ2n) is 5.73. The van der Waals surface area contributed by atoms with E-state index in [0.29, 0.717) is 11.3 Å². The van der Waals surface area contributed by atoms with Gasteiger partial charge in [0.25, 0.3) is 5.91 Å². The summed E-state index contributed by atoms with van der Waals surface area (Å²) in [6.07, 6.45) is 4.17. The van der Waals surface area contributed by atoms with E-state index in [1.807, 2.05) is 4.90 Å². The highest BCUT2D eigenvalue weighted by Gasteiger charge is 2.17. The minimum absolute atomic E-state index is 0.0238. The minimum atomic E-state index is -1.00. The number of hydrogen-bond acceptors (Lipinski definition) is 3.